The molecule has 0 saturated carbocycles. The monoisotopic (exact) mass is 287 g/mol. The second-order valence-electron chi connectivity index (χ2n) is 5.26. The Morgan fingerprint density at radius 1 is 1.33 bits per heavy atom. The van der Waals surface area contributed by atoms with Gasteiger partial charge in [-0.2, -0.15) is 0 Å². The number of aromatic nitrogens is 2. The fourth-order valence-corrected chi connectivity index (χ4v) is 2.77. The van der Waals surface area contributed by atoms with Crippen LogP contribution in [0.2, 0.25) is 0 Å². The molecular weight excluding hydrogens is 266 g/mol. The van der Waals surface area contributed by atoms with E-state index in [-0.39, 0.29) is 0 Å². The van der Waals surface area contributed by atoms with Gasteiger partial charge >= 0.3 is 0 Å². The standard InChI is InChI=1S/C16H21N3O2/c1-2-21-15-6-4-3-5-13(15)14(20)11-18-9-10-19-8-7-17-16(19)12-18/h3-8,14,20H,2,9-12H2,1H3. The Morgan fingerprint density at radius 3 is 3.05 bits per heavy atom. The van der Waals surface area contributed by atoms with Gasteiger partial charge in [0.1, 0.15) is 11.6 Å². The number of aliphatic hydroxyl groups excluding tert-OH is 1. The molecule has 1 aliphatic heterocycles. The highest BCUT2D eigenvalue weighted by molar-refractivity contribution is 5.35. The van der Waals surface area contributed by atoms with Gasteiger partial charge < -0.3 is 14.4 Å². The van der Waals surface area contributed by atoms with Gasteiger partial charge in [-0.1, -0.05) is 18.2 Å². The number of aliphatic hydroxyl groups is 1. The molecule has 1 unspecified atom stereocenters. The lowest BCUT2D eigenvalue weighted by molar-refractivity contribution is 0.0938. The van der Waals surface area contributed by atoms with Crippen molar-refractivity contribution in [3.63, 3.8) is 0 Å². The average molecular weight is 287 g/mol. The molecule has 0 aliphatic carbocycles. The number of fused-ring (bicyclic) bond motifs is 1. The fourth-order valence-electron chi connectivity index (χ4n) is 2.77. The minimum Gasteiger partial charge on any atom is -0.493 e. The molecule has 5 nitrogen and oxygen atoms in total. The van der Waals surface area contributed by atoms with E-state index in [0.717, 1.165) is 36.8 Å². The van der Waals surface area contributed by atoms with Crippen molar-refractivity contribution in [1.29, 1.82) is 0 Å². The van der Waals surface area contributed by atoms with Gasteiger partial charge in [0.25, 0.3) is 0 Å². The maximum atomic E-state index is 10.5. The number of para-hydroxylation sites is 1. The van der Waals surface area contributed by atoms with Gasteiger partial charge in [0.2, 0.25) is 0 Å². The smallest absolute Gasteiger partial charge is 0.125 e. The van der Waals surface area contributed by atoms with Crippen LogP contribution in [0.3, 0.4) is 0 Å². The average Bonchev–Trinajstić information content (AvgIpc) is 2.95. The van der Waals surface area contributed by atoms with E-state index in [1.165, 1.54) is 0 Å². The summed E-state index contributed by atoms with van der Waals surface area (Å²) in [7, 11) is 0. The van der Waals surface area contributed by atoms with Gasteiger partial charge in [-0.15, -0.1) is 0 Å². The molecule has 21 heavy (non-hydrogen) atoms. The molecule has 2 aromatic rings. The zero-order chi connectivity index (χ0) is 14.7. The van der Waals surface area contributed by atoms with E-state index in [1.807, 2.05) is 43.6 Å². The maximum Gasteiger partial charge on any atom is 0.125 e. The summed E-state index contributed by atoms with van der Waals surface area (Å²) in [5, 5.41) is 10.5. The van der Waals surface area contributed by atoms with Gasteiger partial charge in [-0.05, 0) is 13.0 Å². The van der Waals surface area contributed by atoms with E-state index in [4.69, 9.17) is 4.74 Å². The first kappa shape index (κ1) is 14.1. The molecule has 2 heterocycles. The second kappa shape index (κ2) is 6.28. The van der Waals surface area contributed by atoms with Gasteiger partial charge in [-0.25, -0.2) is 4.98 Å². The molecule has 5 heteroatoms. The molecule has 0 spiro atoms. The van der Waals surface area contributed by atoms with Crippen LogP contribution in [0.5, 0.6) is 5.75 Å². The van der Waals surface area contributed by atoms with Crippen LogP contribution in [-0.4, -0.2) is 39.3 Å². The molecule has 3 rings (SSSR count). The van der Waals surface area contributed by atoms with Crippen LogP contribution in [-0.2, 0) is 13.1 Å². The Balaban J connectivity index is 1.68. The molecule has 112 valence electrons. The van der Waals surface area contributed by atoms with E-state index in [1.54, 1.807) is 0 Å². The van der Waals surface area contributed by atoms with Crippen molar-refractivity contribution in [3.8, 4) is 5.75 Å². The molecule has 0 radical (unpaired) electrons. The molecule has 1 aliphatic rings. The van der Waals surface area contributed by atoms with Gasteiger partial charge in [0.15, 0.2) is 0 Å². The van der Waals surface area contributed by atoms with E-state index in [9.17, 15) is 5.11 Å². The second-order valence-corrected chi connectivity index (χ2v) is 5.26. The van der Waals surface area contributed by atoms with Crippen molar-refractivity contribution in [2.45, 2.75) is 26.1 Å². The van der Waals surface area contributed by atoms with Crippen LogP contribution in [0.4, 0.5) is 0 Å². The number of nitrogens with zero attached hydrogens (tertiary/aromatic N) is 3. The largest absolute Gasteiger partial charge is 0.493 e. The number of rotatable bonds is 5. The summed E-state index contributed by atoms with van der Waals surface area (Å²) < 4.78 is 7.76. The molecule has 0 fully saturated rings. The highest BCUT2D eigenvalue weighted by Gasteiger charge is 2.21. The van der Waals surface area contributed by atoms with Crippen LogP contribution in [0.15, 0.2) is 36.7 Å². The number of hydrogen-bond acceptors (Lipinski definition) is 4. The van der Waals surface area contributed by atoms with Gasteiger partial charge in [0, 0.05) is 37.6 Å². The first-order valence-electron chi connectivity index (χ1n) is 7.40. The summed E-state index contributed by atoms with van der Waals surface area (Å²) in [6.45, 7) is 5.78. The molecule has 1 aromatic heterocycles. The molecule has 0 bridgehead atoms. The molecule has 1 N–H and O–H groups in total. The van der Waals surface area contributed by atoms with Crippen molar-refractivity contribution in [2.75, 3.05) is 19.7 Å². The number of imidazole rings is 1. The number of hydrogen-bond donors (Lipinski definition) is 1. The van der Waals surface area contributed by atoms with Crippen LogP contribution >= 0.6 is 0 Å². The fraction of sp³-hybridized carbons (Fsp3) is 0.438. The van der Waals surface area contributed by atoms with Crippen LogP contribution in [0.25, 0.3) is 0 Å². The summed E-state index contributed by atoms with van der Waals surface area (Å²) in [5.41, 5.74) is 0.855. The highest BCUT2D eigenvalue weighted by Crippen LogP contribution is 2.26. The lowest BCUT2D eigenvalue weighted by Gasteiger charge is -2.29. The maximum absolute atomic E-state index is 10.5. The van der Waals surface area contributed by atoms with Gasteiger partial charge in [0.05, 0.1) is 19.3 Å². The Bertz CT molecular complexity index is 597. The summed E-state index contributed by atoms with van der Waals surface area (Å²) in [6.07, 6.45) is 3.29. The lowest BCUT2D eigenvalue weighted by Crippen LogP contribution is -2.36. The van der Waals surface area contributed by atoms with Crippen LogP contribution in [0, 0.1) is 0 Å². The Hall–Kier alpha value is -1.85. The van der Waals surface area contributed by atoms with Gasteiger partial charge in [-0.3, -0.25) is 4.90 Å². The van der Waals surface area contributed by atoms with Crippen molar-refractivity contribution >= 4 is 0 Å². The number of benzene rings is 1. The number of ether oxygens (including phenoxy) is 1. The van der Waals surface area contributed by atoms with Crippen LogP contribution in [0.1, 0.15) is 24.4 Å². The Kier molecular flexibility index (Phi) is 4.22. The first-order chi connectivity index (χ1) is 10.3. The Morgan fingerprint density at radius 2 is 2.19 bits per heavy atom. The van der Waals surface area contributed by atoms with Crippen molar-refractivity contribution in [2.24, 2.45) is 0 Å². The summed E-state index contributed by atoms with van der Waals surface area (Å²) in [6, 6.07) is 7.70. The summed E-state index contributed by atoms with van der Waals surface area (Å²) in [4.78, 5) is 6.58. The van der Waals surface area contributed by atoms with E-state index >= 15 is 0 Å². The van der Waals surface area contributed by atoms with E-state index in [0.29, 0.717) is 13.2 Å². The van der Waals surface area contributed by atoms with E-state index in [2.05, 4.69) is 14.5 Å². The normalized spacial score (nSPS) is 16.5. The molecular formula is C16H21N3O2. The molecule has 0 amide bonds. The lowest BCUT2D eigenvalue weighted by atomic mass is 10.1. The molecule has 1 atom stereocenters. The molecule has 1 aromatic carbocycles. The SMILES string of the molecule is CCOc1ccccc1C(O)CN1CCn2ccnc2C1. The summed E-state index contributed by atoms with van der Waals surface area (Å²) >= 11 is 0. The van der Waals surface area contributed by atoms with Crippen molar-refractivity contribution in [3.05, 3.63) is 48.0 Å². The predicted octanol–water partition coefficient (Wildman–Crippen LogP) is 1.83. The minimum atomic E-state index is -0.547. The quantitative estimate of drug-likeness (QED) is 0.911. The zero-order valence-electron chi connectivity index (χ0n) is 12.3. The summed E-state index contributed by atoms with van der Waals surface area (Å²) in [5.74, 6) is 1.83. The van der Waals surface area contributed by atoms with Crippen molar-refractivity contribution in [1.82, 2.24) is 14.5 Å². The van der Waals surface area contributed by atoms with Crippen molar-refractivity contribution < 1.29 is 9.84 Å². The Labute approximate surface area is 124 Å². The predicted molar refractivity (Wildman–Crippen MR) is 80.1 cm³/mol. The van der Waals surface area contributed by atoms with Crippen LogP contribution < -0.4 is 4.74 Å². The topological polar surface area (TPSA) is 50.5 Å². The number of β-amino-alcohol motifs (C(OH)–C–C–N with tert-alkyl or cyclic N) is 1. The first-order valence-corrected chi connectivity index (χ1v) is 7.40. The third-order valence-electron chi connectivity index (χ3n) is 3.83. The third kappa shape index (κ3) is 3.09. The zero-order valence-corrected chi connectivity index (χ0v) is 12.3. The van der Waals surface area contributed by atoms with E-state index < -0.39 is 6.10 Å². The highest BCUT2D eigenvalue weighted by atomic mass is 16.5. The molecule has 0 saturated heterocycles. The third-order valence-corrected chi connectivity index (χ3v) is 3.83. The minimum absolute atomic E-state index is 0.547.